The van der Waals surface area contributed by atoms with Gasteiger partial charge in [-0.2, -0.15) is 0 Å². The van der Waals surface area contributed by atoms with Crippen molar-refractivity contribution in [1.82, 2.24) is 10.6 Å². The first-order valence-electron chi connectivity index (χ1n) is 4.69. The average molecular weight is 205 g/mol. The van der Waals surface area contributed by atoms with Crippen molar-refractivity contribution in [3.8, 4) is 0 Å². The molecule has 1 aromatic rings. The normalized spacial score (nSPS) is 10.9. The largest absolute Gasteiger partial charge is 0.393 e. The van der Waals surface area contributed by atoms with Crippen molar-refractivity contribution in [2.75, 3.05) is 7.05 Å². The minimum absolute atomic E-state index is 0.174. The van der Waals surface area contributed by atoms with E-state index in [0.717, 1.165) is 5.56 Å². The van der Waals surface area contributed by atoms with E-state index in [2.05, 4.69) is 10.6 Å². The van der Waals surface area contributed by atoms with Gasteiger partial charge in [-0.3, -0.25) is 4.79 Å². The third-order valence-corrected chi connectivity index (χ3v) is 1.90. The van der Waals surface area contributed by atoms with Crippen LogP contribution in [0, 0.1) is 0 Å². The van der Waals surface area contributed by atoms with Gasteiger partial charge in [-0.15, -0.1) is 0 Å². The number of hydrogen-bond acceptors (Lipinski definition) is 3. The highest BCUT2D eigenvalue weighted by Crippen LogP contribution is 1.97. The third kappa shape index (κ3) is 3.72. The molecule has 0 radical (unpaired) electrons. The summed E-state index contributed by atoms with van der Waals surface area (Å²) in [6, 6.07) is 9.87. The first kappa shape index (κ1) is 11.1. The Morgan fingerprint density at radius 1 is 1.40 bits per heavy atom. The molecule has 4 N–H and O–H groups in total. The van der Waals surface area contributed by atoms with Crippen molar-refractivity contribution in [3.63, 3.8) is 0 Å². The number of nitrogens with one attached hydrogen (secondary N) is 2. The van der Waals surface area contributed by atoms with Crippen LogP contribution in [0.2, 0.25) is 0 Å². The molecule has 0 aromatic heterocycles. The molecule has 1 amide bonds. The van der Waals surface area contributed by atoms with Crippen molar-refractivity contribution in [2.24, 2.45) is 5.73 Å². The number of carbonyl (C=O) groups excluding carboxylic acids is 1. The molecule has 0 aliphatic heterocycles. The zero-order valence-corrected chi connectivity index (χ0v) is 8.66. The van der Waals surface area contributed by atoms with Gasteiger partial charge in [-0.05, 0) is 5.56 Å². The Balaban J connectivity index is 2.42. The zero-order valence-electron chi connectivity index (χ0n) is 8.66. The third-order valence-electron chi connectivity index (χ3n) is 1.90. The maximum atomic E-state index is 11.0. The molecule has 4 heteroatoms. The fourth-order valence-electron chi connectivity index (χ4n) is 1.08. The molecular weight excluding hydrogens is 190 g/mol. The summed E-state index contributed by atoms with van der Waals surface area (Å²) in [5, 5.41) is 5.41. The maximum absolute atomic E-state index is 11.0. The highest BCUT2D eigenvalue weighted by atomic mass is 16.1. The first-order chi connectivity index (χ1) is 7.24. The van der Waals surface area contributed by atoms with Crippen LogP contribution >= 0.6 is 0 Å². The lowest BCUT2D eigenvalue weighted by atomic mass is 10.2. The molecule has 0 fully saturated rings. The van der Waals surface area contributed by atoms with Gasteiger partial charge in [-0.1, -0.05) is 30.3 Å². The second-order valence-corrected chi connectivity index (χ2v) is 3.05. The molecule has 80 valence electrons. The van der Waals surface area contributed by atoms with Crippen molar-refractivity contribution < 1.29 is 4.79 Å². The van der Waals surface area contributed by atoms with Crippen LogP contribution in [0.4, 0.5) is 0 Å². The van der Waals surface area contributed by atoms with Crippen LogP contribution in [0.25, 0.3) is 0 Å². The highest BCUT2D eigenvalue weighted by Gasteiger charge is 1.99. The summed E-state index contributed by atoms with van der Waals surface area (Å²) in [4.78, 5) is 11.0. The number of hydrogen-bond donors (Lipinski definition) is 3. The topological polar surface area (TPSA) is 67.2 Å². The lowest BCUT2D eigenvalue weighted by molar-refractivity contribution is -0.117. The van der Waals surface area contributed by atoms with E-state index in [4.69, 9.17) is 5.73 Å². The van der Waals surface area contributed by atoms with E-state index in [1.165, 1.54) is 6.20 Å². The molecule has 1 rings (SSSR count). The minimum Gasteiger partial charge on any atom is -0.393 e. The van der Waals surface area contributed by atoms with Gasteiger partial charge in [-0.25, -0.2) is 0 Å². The van der Waals surface area contributed by atoms with Crippen LogP contribution in [0.5, 0.6) is 0 Å². The summed E-state index contributed by atoms with van der Waals surface area (Å²) < 4.78 is 0. The summed E-state index contributed by atoms with van der Waals surface area (Å²) in [5.41, 5.74) is 6.79. The summed E-state index contributed by atoms with van der Waals surface area (Å²) in [6.45, 7) is 0.651. The van der Waals surface area contributed by atoms with Crippen LogP contribution in [0.15, 0.2) is 42.2 Å². The van der Waals surface area contributed by atoms with Gasteiger partial charge in [0, 0.05) is 19.8 Å². The number of benzene rings is 1. The fraction of sp³-hybridized carbons (Fsp3) is 0.182. The molecule has 0 unspecified atom stereocenters. The number of amides is 1. The van der Waals surface area contributed by atoms with Crippen molar-refractivity contribution in [1.29, 1.82) is 0 Å². The SMILES string of the molecule is CNC(=O)/C(N)=C/NCc1ccccc1. The van der Waals surface area contributed by atoms with E-state index >= 15 is 0 Å². The summed E-state index contributed by atoms with van der Waals surface area (Å²) >= 11 is 0. The van der Waals surface area contributed by atoms with E-state index in [0.29, 0.717) is 6.54 Å². The molecule has 0 spiro atoms. The van der Waals surface area contributed by atoms with E-state index in [-0.39, 0.29) is 11.6 Å². The molecule has 0 saturated heterocycles. The second kappa shape index (κ2) is 5.70. The minimum atomic E-state index is -0.282. The summed E-state index contributed by atoms with van der Waals surface area (Å²) in [7, 11) is 1.54. The Kier molecular flexibility index (Phi) is 4.22. The van der Waals surface area contributed by atoms with Gasteiger partial charge in [0.1, 0.15) is 5.70 Å². The lowest BCUT2D eigenvalue weighted by Crippen LogP contribution is -2.26. The predicted molar refractivity (Wildman–Crippen MR) is 59.6 cm³/mol. The van der Waals surface area contributed by atoms with Gasteiger partial charge in [0.05, 0.1) is 0 Å². The Labute approximate surface area is 89.2 Å². The van der Waals surface area contributed by atoms with E-state index in [1.807, 2.05) is 30.3 Å². The molecular formula is C11H15N3O. The van der Waals surface area contributed by atoms with Gasteiger partial charge in [0.2, 0.25) is 0 Å². The van der Waals surface area contributed by atoms with Crippen LogP contribution in [-0.2, 0) is 11.3 Å². The molecule has 0 heterocycles. The first-order valence-corrected chi connectivity index (χ1v) is 4.69. The molecule has 0 saturated carbocycles. The van der Waals surface area contributed by atoms with Crippen LogP contribution in [-0.4, -0.2) is 13.0 Å². The molecule has 15 heavy (non-hydrogen) atoms. The van der Waals surface area contributed by atoms with Gasteiger partial charge < -0.3 is 16.4 Å². The maximum Gasteiger partial charge on any atom is 0.268 e. The van der Waals surface area contributed by atoms with Crippen molar-refractivity contribution >= 4 is 5.91 Å². The van der Waals surface area contributed by atoms with Crippen LogP contribution in [0.1, 0.15) is 5.56 Å². The van der Waals surface area contributed by atoms with E-state index in [9.17, 15) is 4.79 Å². The predicted octanol–water partition coefficient (Wildman–Crippen LogP) is 0.322. The monoisotopic (exact) mass is 205 g/mol. The number of carbonyl (C=O) groups is 1. The van der Waals surface area contributed by atoms with Crippen molar-refractivity contribution in [3.05, 3.63) is 47.8 Å². The molecule has 0 atom stereocenters. The molecule has 0 aliphatic rings. The smallest absolute Gasteiger partial charge is 0.268 e. The Hall–Kier alpha value is -1.97. The van der Waals surface area contributed by atoms with Crippen LogP contribution in [0.3, 0.4) is 0 Å². The molecule has 0 bridgehead atoms. The Morgan fingerprint density at radius 3 is 2.67 bits per heavy atom. The van der Waals surface area contributed by atoms with Crippen LogP contribution < -0.4 is 16.4 Å². The Morgan fingerprint density at radius 2 is 2.07 bits per heavy atom. The van der Waals surface area contributed by atoms with Crippen molar-refractivity contribution in [2.45, 2.75) is 6.54 Å². The Bertz CT molecular complexity index is 346. The molecule has 1 aromatic carbocycles. The summed E-state index contributed by atoms with van der Waals surface area (Å²) in [5.74, 6) is -0.282. The standard InChI is InChI=1S/C11H15N3O/c1-13-11(15)10(12)8-14-7-9-5-3-2-4-6-9/h2-6,8,14H,7,12H2,1H3,(H,13,15)/b10-8-. The summed E-state index contributed by atoms with van der Waals surface area (Å²) in [6.07, 6.45) is 1.51. The quantitative estimate of drug-likeness (QED) is 0.620. The molecule has 0 aliphatic carbocycles. The number of rotatable bonds is 4. The molecule has 4 nitrogen and oxygen atoms in total. The van der Waals surface area contributed by atoms with E-state index in [1.54, 1.807) is 7.05 Å². The van der Waals surface area contributed by atoms with Gasteiger partial charge in [0.15, 0.2) is 0 Å². The van der Waals surface area contributed by atoms with Gasteiger partial charge in [0.25, 0.3) is 5.91 Å². The fourth-order valence-corrected chi connectivity index (χ4v) is 1.08. The number of likely N-dealkylation sites (N-methyl/N-ethyl adjacent to an activating group) is 1. The average Bonchev–Trinajstić information content (AvgIpc) is 2.29. The lowest BCUT2D eigenvalue weighted by Gasteiger charge is -2.03. The van der Waals surface area contributed by atoms with Gasteiger partial charge >= 0.3 is 0 Å². The highest BCUT2D eigenvalue weighted by molar-refractivity contribution is 5.91. The zero-order chi connectivity index (χ0) is 11.1. The number of nitrogens with two attached hydrogens (primary N) is 1. The van der Waals surface area contributed by atoms with E-state index < -0.39 is 0 Å². The second-order valence-electron chi connectivity index (χ2n) is 3.05.